The number of H-pyrrole nitrogens is 1. The van der Waals surface area contributed by atoms with Crippen LogP contribution in [0.3, 0.4) is 0 Å². The number of aromatic nitrogens is 3. The maximum absolute atomic E-state index is 13.0. The van der Waals surface area contributed by atoms with Crippen molar-refractivity contribution < 1.29 is 9.53 Å². The summed E-state index contributed by atoms with van der Waals surface area (Å²) in [7, 11) is 0. The summed E-state index contributed by atoms with van der Waals surface area (Å²) in [5.41, 5.74) is 1.93. The van der Waals surface area contributed by atoms with Crippen molar-refractivity contribution in [3.8, 4) is 6.07 Å². The van der Waals surface area contributed by atoms with Crippen LogP contribution < -0.4 is 15.4 Å². The van der Waals surface area contributed by atoms with Crippen LogP contribution in [0.1, 0.15) is 43.2 Å². The molecule has 2 unspecified atom stereocenters. The highest BCUT2D eigenvalue weighted by molar-refractivity contribution is 5.77. The summed E-state index contributed by atoms with van der Waals surface area (Å²) in [6.45, 7) is 5.24. The first kappa shape index (κ1) is 23.3. The van der Waals surface area contributed by atoms with E-state index in [1.807, 2.05) is 17.9 Å². The molecule has 0 bridgehead atoms. The first-order chi connectivity index (χ1) is 17.1. The number of nitrogens with zero attached hydrogens (tertiary/aromatic N) is 6. The number of ether oxygens (including phenoxy) is 1. The maximum Gasteiger partial charge on any atom is 0.269 e. The molecule has 1 amide bonds. The number of likely N-dealkylation sites (tertiary alicyclic amines) is 1. The van der Waals surface area contributed by atoms with Gasteiger partial charge in [-0.1, -0.05) is 0 Å². The van der Waals surface area contributed by atoms with Gasteiger partial charge in [-0.05, 0) is 44.7 Å². The second kappa shape index (κ2) is 10.0. The predicted octanol–water partition coefficient (Wildman–Crippen LogP) is 1.60. The van der Waals surface area contributed by atoms with Gasteiger partial charge >= 0.3 is 0 Å². The quantitative estimate of drug-likeness (QED) is 0.598. The molecule has 10 nitrogen and oxygen atoms in total. The lowest BCUT2D eigenvalue weighted by molar-refractivity contribution is -0.133. The van der Waals surface area contributed by atoms with Crippen molar-refractivity contribution in [3.63, 3.8) is 0 Å². The summed E-state index contributed by atoms with van der Waals surface area (Å²) in [4.78, 5) is 35.9. The van der Waals surface area contributed by atoms with Gasteiger partial charge in [0, 0.05) is 31.4 Å². The number of hydrogen-bond acceptors (Lipinski definition) is 8. The number of pyridine rings is 1. The van der Waals surface area contributed by atoms with Crippen molar-refractivity contribution in [2.75, 3.05) is 42.6 Å². The summed E-state index contributed by atoms with van der Waals surface area (Å²) in [6, 6.07) is 6.47. The fraction of sp³-hybridized carbons (Fsp3) is 0.560. The Labute approximate surface area is 204 Å². The lowest BCUT2D eigenvalue weighted by Gasteiger charge is -2.28. The van der Waals surface area contributed by atoms with Gasteiger partial charge in [-0.2, -0.15) is 10.4 Å². The minimum Gasteiger partial charge on any atom is -0.379 e. The zero-order valence-corrected chi connectivity index (χ0v) is 20.0. The van der Waals surface area contributed by atoms with Crippen molar-refractivity contribution in [2.24, 2.45) is 0 Å². The van der Waals surface area contributed by atoms with E-state index in [0.29, 0.717) is 30.8 Å². The highest BCUT2D eigenvalue weighted by atomic mass is 16.5. The van der Waals surface area contributed by atoms with Crippen LogP contribution in [0.5, 0.6) is 0 Å². The average Bonchev–Trinajstić information content (AvgIpc) is 3.60. The maximum atomic E-state index is 13.0. The summed E-state index contributed by atoms with van der Waals surface area (Å²) in [6.07, 6.45) is 7.59. The molecule has 0 aliphatic carbocycles. The number of fused-ring (bicyclic) bond motifs is 1. The van der Waals surface area contributed by atoms with Crippen molar-refractivity contribution in [1.29, 1.82) is 5.26 Å². The molecule has 3 saturated heterocycles. The molecule has 3 aliphatic heterocycles. The third kappa shape index (κ3) is 4.60. The number of nitrogens with one attached hydrogen (secondary N) is 1. The molecule has 0 aromatic carbocycles. The van der Waals surface area contributed by atoms with Gasteiger partial charge in [0.15, 0.2) is 0 Å². The van der Waals surface area contributed by atoms with Crippen LogP contribution in [0.4, 0.5) is 11.5 Å². The molecular formula is C25H31N7O3. The Hall–Kier alpha value is -3.45. The molecular weight excluding hydrogens is 446 g/mol. The van der Waals surface area contributed by atoms with Crippen molar-refractivity contribution >= 4 is 17.4 Å². The van der Waals surface area contributed by atoms with Crippen LogP contribution in [0.15, 0.2) is 29.3 Å². The lowest BCUT2D eigenvalue weighted by Crippen LogP contribution is -2.40. The highest BCUT2D eigenvalue weighted by Crippen LogP contribution is 2.34. The fourth-order valence-electron chi connectivity index (χ4n) is 5.79. The highest BCUT2D eigenvalue weighted by Gasteiger charge is 2.44. The number of nitriles is 1. The fourth-order valence-corrected chi connectivity index (χ4v) is 5.79. The number of amides is 1. The molecule has 10 heteroatoms. The van der Waals surface area contributed by atoms with Crippen molar-refractivity contribution in [3.05, 3.63) is 46.0 Å². The van der Waals surface area contributed by atoms with Gasteiger partial charge in [-0.3, -0.25) is 9.59 Å². The van der Waals surface area contributed by atoms with E-state index in [-0.39, 0.29) is 29.6 Å². The Kier molecular flexibility index (Phi) is 6.68. The van der Waals surface area contributed by atoms with Crippen molar-refractivity contribution in [2.45, 2.75) is 57.2 Å². The Bertz CT molecular complexity index is 1160. The van der Waals surface area contributed by atoms with Gasteiger partial charge in [0.2, 0.25) is 5.91 Å². The van der Waals surface area contributed by atoms with E-state index in [4.69, 9.17) is 10.00 Å². The molecule has 1 N–H and O–H groups in total. The lowest BCUT2D eigenvalue weighted by atomic mass is 10.1. The zero-order chi connectivity index (χ0) is 24.4. The Balaban J connectivity index is 1.11. The molecule has 35 heavy (non-hydrogen) atoms. The van der Waals surface area contributed by atoms with Gasteiger partial charge in [0.25, 0.3) is 5.56 Å². The van der Waals surface area contributed by atoms with Crippen molar-refractivity contribution in [1.82, 2.24) is 20.1 Å². The average molecular weight is 478 g/mol. The molecule has 3 atom stereocenters. The molecule has 3 fully saturated rings. The number of carbonyl (C=O) groups is 1. The summed E-state index contributed by atoms with van der Waals surface area (Å²) in [5.74, 6) is 1.02. The minimum atomic E-state index is -0.163. The molecule has 0 spiro atoms. The van der Waals surface area contributed by atoms with E-state index in [0.717, 1.165) is 56.8 Å². The molecule has 5 heterocycles. The third-order valence-corrected chi connectivity index (χ3v) is 7.60. The predicted molar refractivity (Wildman–Crippen MR) is 130 cm³/mol. The van der Waals surface area contributed by atoms with Gasteiger partial charge in [-0.15, -0.1) is 0 Å². The minimum absolute atomic E-state index is 0.144. The molecule has 3 aliphatic rings. The molecule has 0 radical (unpaired) electrons. The number of aromatic amines is 1. The number of anilines is 2. The topological polar surface area (TPSA) is 118 Å². The first-order valence-electron chi connectivity index (χ1n) is 12.4. The van der Waals surface area contributed by atoms with Gasteiger partial charge in [0.1, 0.15) is 11.9 Å². The van der Waals surface area contributed by atoms with Crippen LogP contribution in [0, 0.1) is 18.3 Å². The van der Waals surface area contributed by atoms with Crippen LogP contribution in [0.2, 0.25) is 0 Å². The van der Waals surface area contributed by atoms with Gasteiger partial charge in [-0.25, -0.2) is 10.1 Å². The summed E-state index contributed by atoms with van der Waals surface area (Å²) >= 11 is 0. The Morgan fingerprint density at radius 3 is 2.83 bits per heavy atom. The van der Waals surface area contributed by atoms with E-state index in [1.165, 1.54) is 0 Å². The van der Waals surface area contributed by atoms with Gasteiger partial charge < -0.3 is 19.4 Å². The number of rotatable bonds is 7. The van der Waals surface area contributed by atoms with Crippen LogP contribution in [-0.4, -0.2) is 77.0 Å². The van der Waals surface area contributed by atoms with Crippen LogP contribution in [-0.2, 0) is 9.53 Å². The van der Waals surface area contributed by atoms with Gasteiger partial charge in [0.05, 0.1) is 55.2 Å². The zero-order valence-electron chi connectivity index (χ0n) is 20.0. The number of carbonyl (C=O) groups excluding carboxylic acids is 1. The van der Waals surface area contributed by atoms with E-state index < -0.39 is 0 Å². The monoisotopic (exact) mass is 477 g/mol. The van der Waals surface area contributed by atoms with E-state index >= 15 is 0 Å². The van der Waals surface area contributed by atoms with E-state index in [1.54, 1.807) is 18.5 Å². The molecule has 5 rings (SSSR count). The molecule has 0 saturated carbocycles. The van der Waals surface area contributed by atoms with E-state index in [9.17, 15) is 9.59 Å². The molecule has 2 aromatic rings. The smallest absolute Gasteiger partial charge is 0.269 e. The largest absolute Gasteiger partial charge is 0.379 e. The van der Waals surface area contributed by atoms with E-state index in [2.05, 4.69) is 31.1 Å². The Morgan fingerprint density at radius 2 is 2.03 bits per heavy atom. The van der Waals surface area contributed by atoms with Crippen LogP contribution in [0.25, 0.3) is 0 Å². The van der Waals surface area contributed by atoms with Crippen LogP contribution >= 0.6 is 0 Å². The first-order valence-corrected chi connectivity index (χ1v) is 12.4. The Morgan fingerprint density at radius 1 is 1.17 bits per heavy atom. The SMILES string of the molecule is Cc1c(N2CCC[C@H]2COCCC(=O)N2CCC3C2CCN3c2ccc(C#N)cn2)cn[nH]c1=O. The second-order valence-corrected chi connectivity index (χ2v) is 9.53. The third-order valence-electron chi connectivity index (χ3n) is 7.60. The standard InChI is InChI=1S/C25H31N7O3/c1-17-22(15-28-29-25(17)34)30-9-2-3-19(30)16-35-12-8-24(33)32-11-7-20-21(32)6-10-31(20)23-5-4-18(13-26)14-27-23/h4-5,14-15,19-21H,2-3,6-12,16H2,1H3,(H,29,34)/t19-,20?,21?/m0/s1. The normalized spacial score (nSPS) is 23.5. The second-order valence-electron chi connectivity index (χ2n) is 9.53. The molecule has 184 valence electrons. The molecule has 2 aromatic heterocycles. The summed E-state index contributed by atoms with van der Waals surface area (Å²) in [5, 5.41) is 15.4. The number of hydrogen-bond donors (Lipinski definition) is 1. The summed E-state index contributed by atoms with van der Waals surface area (Å²) < 4.78 is 5.95.